The van der Waals surface area contributed by atoms with Crippen LogP contribution in [0, 0.1) is 23.7 Å². The Bertz CT molecular complexity index is 950. The fourth-order valence-corrected chi connectivity index (χ4v) is 5.99. The molecule has 0 aromatic heterocycles. The van der Waals surface area contributed by atoms with Gasteiger partial charge in [0, 0.05) is 12.5 Å². The summed E-state index contributed by atoms with van der Waals surface area (Å²) < 4.78 is 11.3. The zero-order valence-electron chi connectivity index (χ0n) is 30.2. The normalized spacial score (nSPS) is 19.5. The predicted octanol–water partition coefficient (Wildman–Crippen LogP) is 4.40. The molecule has 0 saturated carbocycles. The maximum Gasteiger partial charge on any atom is 0.408 e. The highest BCUT2D eigenvalue weighted by atomic mass is 32.2. The van der Waals surface area contributed by atoms with E-state index in [1.165, 1.54) is 0 Å². The van der Waals surface area contributed by atoms with Gasteiger partial charge in [0.15, 0.2) is 0 Å². The third-order valence-electron chi connectivity index (χ3n) is 8.07. The van der Waals surface area contributed by atoms with Crippen molar-refractivity contribution < 1.29 is 33.8 Å². The molecular weight excluding hydrogens is 608 g/mol. The number of carbonyl (C=O) groups excluding carboxylic acids is 4. The molecule has 1 aliphatic heterocycles. The van der Waals surface area contributed by atoms with Crippen molar-refractivity contribution in [2.75, 3.05) is 18.6 Å². The molecule has 1 rings (SSSR count). The van der Waals surface area contributed by atoms with Gasteiger partial charge in [-0.1, -0.05) is 48.5 Å². The van der Waals surface area contributed by atoms with Gasteiger partial charge in [-0.25, -0.2) is 4.79 Å². The third kappa shape index (κ3) is 15.7. The number of ether oxygens (including phenoxy) is 2. The van der Waals surface area contributed by atoms with E-state index in [-0.39, 0.29) is 42.2 Å². The molecule has 0 aromatic rings. The fraction of sp³-hybridized carbons (Fsp3) is 0.882. The molecule has 4 amide bonds. The molecule has 1 heterocycles. The zero-order valence-corrected chi connectivity index (χ0v) is 31.1. The Balaban J connectivity index is 3.00. The molecule has 0 bridgehead atoms. The van der Waals surface area contributed by atoms with Gasteiger partial charge in [-0.2, -0.15) is 11.8 Å². The average molecular weight is 673 g/mol. The van der Waals surface area contributed by atoms with Crippen LogP contribution in [-0.4, -0.2) is 89.5 Å². The van der Waals surface area contributed by atoms with E-state index < -0.39 is 53.7 Å². The van der Waals surface area contributed by atoms with E-state index in [9.17, 15) is 24.3 Å². The van der Waals surface area contributed by atoms with Gasteiger partial charge in [0.25, 0.3) is 0 Å². The van der Waals surface area contributed by atoms with Crippen LogP contribution < -0.4 is 21.3 Å². The molecule has 1 saturated heterocycles. The van der Waals surface area contributed by atoms with E-state index in [1.54, 1.807) is 53.3 Å². The van der Waals surface area contributed by atoms with Gasteiger partial charge in [0.2, 0.25) is 17.7 Å². The Morgan fingerprint density at radius 3 is 2.02 bits per heavy atom. The van der Waals surface area contributed by atoms with Crippen molar-refractivity contribution in [3.63, 3.8) is 0 Å². The van der Waals surface area contributed by atoms with Crippen LogP contribution in [0.5, 0.6) is 0 Å². The zero-order chi connectivity index (χ0) is 35.2. The van der Waals surface area contributed by atoms with Crippen LogP contribution in [0.15, 0.2) is 0 Å². The number of thioether (sulfide) groups is 1. The first-order valence-corrected chi connectivity index (χ1v) is 18.4. The molecule has 0 aliphatic carbocycles. The predicted molar refractivity (Wildman–Crippen MR) is 184 cm³/mol. The molecule has 1 unspecified atom stereocenters. The number of hydrogen-bond acceptors (Lipinski definition) is 8. The highest BCUT2D eigenvalue weighted by Gasteiger charge is 2.34. The number of aliphatic hydroxyl groups excluding tert-OH is 1. The van der Waals surface area contributed by atoms with Crippen molar-refractivity contribution in [1.29, 1.82) is 0 Å². The summed E-state index contributed by atoms with van der Waals surface area (Å²) in [6.45, 7) is 19.5. The van der Waals surface area contributed by atoms with Crippen LogP contribution in [-0.2, 0) is 23.9 Å². The number of amides is 4. The maximum atomic E-state index is 13.6. The molecule has 46 heavy (non-hydrogen) atoms. The lowest BCUT2D eigenvalue weighted by Gasteiger charge is -2.35. The number of hydrogen-bond donors (Lipinski definition) is 5. The first kappa shape index (κ1) is 42.0. The lowest BCUT2D eigenvalue weighted by molar-refractivity contribution is -0.132. The molecule has 12 heteroatoms. The van der Waals surface area contributed by atoms with Crippen molar-refractivity contribution in [2.45, 2.75) is 150 Å². The van der Waals surface area contributed by atoms with Crippen molar-refractivity contribution in [3.8, 4) is 0 Å². The number of nitrogens with one attached hydrogen (secondary N) is 4. The van der Waals surface area contributed by atoms with Crippen molar-refractivity contribution in [2.24, 2.45) is 23.7 Å². The average Bonchev–Trinajstić information content (AvgIpc) is 2.94. The molecule has 1 aliphatic rings. The van der Waals surface area contributed by atoms with Crippen LogP contribution in [0.4, 0.5) is 4.79 Å². The largest absolute Gasteiger partial charge is 0.444 e. The summed E-state index contributed by atoms with van der Waals surface area (Å²) in [5, 5.41) is 23.0. The Morgan fingerprint density at radius 1 is 0.870 bits per heavy atom. The van der Waals surface area contributed by atoms with Crippen LogP contribution in [0.25, 0.3) is 0 Å². The van der Waals surface area contributed by atoms with Crippen LogP contribution in [0.1, 0.15) is 108 Å². The molecule has 268 valence electrons. The number of alkyl carbamates (subject to hydrolysis) is 1. The van der Waals surface area contributed by atoms with Crippen LogP contribution in [0.3, 0.4) is 0 Å². The lowest BCUT2D eigenvalue weighted by Crippen LogP contribution is -2.58. The summed E-state index contributed by atoms with van der Waals surface area (Å²) in [4.78, 5) is 52.7. The number of rotatable bonds is 18. The first-order chi connectivity index (χ1) is 21.4. The summed E-state index contributed by atoms with van der Waals surface area (Å²) in [6, 6.07) is -2.53. The molecule has 1 fully saturated rings. The minimum atomic E-state index is -0.982. The maximum absolute atomic E-state index is 13.6. The number of aliphatic hydroxyl groups is 1. The van der Waals surface area contributed by atoms with Crippen LogP contribution >= 0.6 is 11.8 Å². The van der Waals surface area contributed by atoms with E-state index in [0.717, 1.165) is 19.3 Å². The summed E-state index contributed by atoms with van der Waals surface area (Å²) in [7, 11) is 0. The Kier molecular flexibility index (Phi) is 18.6. The van der Waals surface area contributed by atoms with Crippen molar-refractivity contribution in [3.05, 3.63) is 0 Å². The fourth-order valence-electron chi connectivity index (χ4n) is 5.52. The SMILES string of the molecule is CSCC[C@H](NC(=O)[C@@H](NC(=O)OC(C)(C)C)C(C)C)C(=O)N[C@@H](CC(C)C)[C@@H](O)C[C@@H](C)C(=O)N[C@@H](C(C)C)C1CCCCO1. The molecule has 0 aromatic carbocycles. The standard InChI is InChI=1S/C34H64N4O7S/c1-20(2)18-25(26(39)19-23(7)30(40)37-28(21(3)4)27-14-12-13-16-44-27)36-31(41)24(15-17-46-11)35-32(42)29(22(5)6)38-33(43)45-34(8,9)10/h20-29,39H,12-19H2,1-11H3,(H,35,42)(H,36,41)(H,37,40)(H,38,43)/t23-,24+,25+,26+,27?,28+,29+/m1/s1. The molecule has 11 nitrogen and oxygen atoms in total. The van der Waals surface area contributed by atoms with Gasteiger partial charge < -0.3 is 35.8 Å². The quantitative estimate of drug-likeness (QED) is 0.144. The third-order valence-corrected chi connectivity index (χ3v) is 8.71. The molecular formula is C34H64N4O7S. The summed E-state index contributed by atoms with van der Waals surface area (Å²) in [5.41, 5.74) is -0.729. The molecule has 7 atom stereocenters. The van der Waals surface area contributed by atoms with Crippen molar-refractivity contribution in [1.82, 2.24) is 21.3 Å². The van der Waals surface area contributed by atoms with Gasteiger partial charge in [0.05, 0.1) is 24.3 Å². The van der Waals surface area contributed by atoms with Gasteiger partial charge in [0.1, 0.15) is 17.7 Å². The van der Waals surface area contributed by atoms with Gasteiger partial charge in [-0.05, 0) is 89.1 Å². The molecule has 5 N–H and O–H groups in total. The number of carbonyl (C=O) groups is 4. The topological polar surface area (TPSA) is 155 Å². The highest BCUT2D eigenvalue weighted by molar-refractivity contribution is 7.98. The Labute approximate surface area is 282 Å². The van der Waals surface area contributed by atoms with Gasteiger partial charge >= 0.3 is 6.09 Å². The monoisotopic (exact) mass is 672 g/mol. The van der Waals surface area contributed by atoms with E-state index >= 15 is 0 Å². The van der Waals surface area contributed by atoms with E-state index in [0.29, 0.717) is 25.2 Å². The Morgan fingerprint density at radius 2 is 1.52 bits per heavy atom. The second kappa shape index (κ2) is 20.3. The minimum absolute atomic E-state index is 0.0224. The van der Waals surface area contributed by atoms with Gasteiger partial charge in [-0.3, -0.25) is 14.4 Å². The van der Waals surface area contributed by atoms with Crippen LogP contribution in [0.2, 0.25) is 0 Å². The highest BCUT2D eigenvalue weighted by Crippen LogP contribution is 2.22. The first-order valence-electron chi connectivity index (χ1n) is 17.0. The Hall–Kier alpha value is -2.05. The summed E-state index contributed by atoms with van der Waals surface area (Å²) in [5.74, 6) is -0.859. The minimum Gasteiger partial charge on any atom is -0.444 e. The lowest BCUT2D eigenvalue weighted by atomic mass is 9.90. The van der Waals surface area contributed by atoms with Crippen molar-refractivity contribution >= 4 is 35.6 Å². The second-order valence-corrected chi connectivity index (χ2v) is 15.8. The molecule has 0 radical (unpaired) electrons. The van der Waals surface area contributed by atoms with Gasteiger partial charge in [-0.15, -0.1) is 0 Å². The van der Waals surface area contributed by atoms with E-state index in [1.807, 2.05) is 20.1 Å². The van der Waals surface area contributed by atoms with E-state index in [2.05, 4.69) is 35.1 Å². The smallest absolute Gasteiger partial charge is 0.408 e. The van der Waals surface area contributed by atoms with E-state index in [4.69, 9.17) is 9.47 Å². The summed E-state index contributed by atoms with van der Waals surface area (Å²) >= 11 is 1.55. The molecule has 0 spiro atoms. The summed E-state index contributed by atoms with van der Waals surface area (Å²) in [6.07, 6.45) is 4.23. The second-order valence-electron chi connectivity index (χ2n) is 14.8.